The van der Waals surface area contributed by atoms with Gasteiger partial charge in [0.05, 0.1) is 0 Å². The molecule has 0 fully saturated rings. The van der Waals surface area contributed by atoms with Crippen LogP contribution in [0.25, 0.3) is 10.9 Å². The summed E-state index contributed by atoms with van der Waals surface area (Å²) in [5, 5.41) is 1.33. The van der Waals surface area contributed by atoms with Gasteiger partial charge in [-0.15, -0.1) is 0 Å². The Morgan fingerprint density at radius 2 is 1.89 bits per heavy atom. The van der Waals surface area contributed by atoms with Crippen molar-refractivity contribution >= 4 is 10.9 Å². The number of pyridine rings is 1. The zero-order valence-corrected chi connectivity index (χ0v) is 11.1. The van der Waals surface area contributed by atoms with Crippen LogP contribution in [-0.2, 0) is 0 Å². The van der Waals surface area contributed by atoms with Crippen molar-refractivity contribution in [2.45, 2.75) is 25.7 Å². The van der Waals surface area contributed by atoms with E-state index in [1.165, 1.54) is 28.5 Å². The summed E-state index contributed by atoms with van der Waals surface area (Å²) in [5.74, 6) is 0.448. The van der Waals surface area contributed by atoms with Gasteiger partial charge in [-0.25, -0.2) is 0 Å². The van der Waals surface area contributed by atoms with Gasteiger partial charge in [0.25, 0.3) is 0 Å². The van der Waals surface area contributed by atoms with Gasteiger partial charge in [0.15, 0.2) is 0 Å². The third-order valence-corrected chi connectivity index (χ3v) is 3.68. The first kappa shape index (κ1) is 12.0. The second kappa shape index (κ2) is 5.27. The molecule has 0 radical (unpaired) electrons. The van der Waals surface area contributed by atoms with Crippen molar-refractivity contribution in [2.24, 2.45) is 0 Å². The molecule has 2 nitrogen and oxygen atoms in total. The van der Waals surface area contributed by atoms with Crippen molar-refractivity contribution in [1.29, 1.82) is 0 Å². The first-order valence-electron chi connectivity index (χ1n) is 6.86. The number of aromatic nitrogens is 2. The number of benzene rings is 1. The minimum Gasteiger partial charge on any atom is -0.361 e. The molecule has 1 N–H and O–H groups in total. The average Bonchev–Trinajstić information content (AvgIpc) is 2.89. The summed E-state index contributed by atoms with van der Waals surface area (Å²) >= 11 is 0. The molecule has 0 spiro atoms. The molecule has 3 aromatic rings. The van der Waals surface area contributed by atoms with Gasteiger partial charge in [-0.2, -0.15) is 0 Å². The molecule has 96 valence electrons. The SMILES string of the molecule is CCC[C@@H](c1ccncc1)c1c[nH]c2ccccc12. The van der Waals surface area contributed by atoms with E-state index in [1.54, 1.807) is 0 Å². The van der Waals surface area contributed by atoms with Gasteiger partial charge < -0.3 is 4.98 Å². The Morgan fingerprint density at radius 3 is 2.68 bits per heavy atom. The Labute approximate surface area is 113 Å². The molecule has 2 aromatic heterocycles. The molecule has 0 saturated heterocycles. The van der Waals surface area contributed by atoms with Gasteiger partial charge in [-0.3, -0.25) is 4.98 Å². The van der Waals surface area contributed by atoms with Crippen molar-refractivity contribution < 1.29 is 0 Å². The largest absolute Gasteiger partial charge is 0.361 e. The summed E-state index contributed by atoms with van der Waals surface area (Å²) < 4.78 is 0. The van der Waals surface area contributed by atoms with Crippen molar-refractivity contribution in [1.82, 2.24) is 9.97 Å². The maximum absolute atomic E-state index is 4.12. The van der Waals surface area contributed by atoms with E-state index < -0.39 is 0 Å². The van der Waals surface area contributed by atoms with Gasteiger partial charge in [0.2, 0.25) is 0 Å². The topological polar surface area (TPSA) is 28.7 Å². The number of hydrogen-bond acceptors (Lipinski definition) is 1. The van der Waals surface area contributed by atoms with E-state index in [0.717, 1.165) is 6.42 Å². The minimum absolute atomic E-state index is 0.448. The van der Waals surface area contributed by atoms with Crippen LogP contribution in [0.2, 0.25) is 0 Å². The number of nitrogens with zero attached hydrogens (tertiary/aromatic N) is 1. The normalized spacial score (nSPS) is 12.7. The molecule has 0 bridgehead atoms. The van der Waals surface area contributed by atoms with Crippen LogP contribution in [-0.4, -0.2) is 9.97 Å². The maximum atomic E-state index is 4.12. The molecular weight excluding hydrogens is 232 g/mol. The van der Waals surface area contributed by atoms with Crippen LogP contribution in [0, 0.1) is 0 Å². The molecule has 0 saturated carbocycles. The fraction of sp³-hybridized carbons (Fsp3) is 0.235. The Bertz CT molecular complexity index is 655. The summed E-state index contributed by atoms with van der Waals surface area (Å²) in [4.78, 5) is 7.50. The molecular formula is C17H18N2. The second-order valence-electron chi connectivity index (χ2n) is 4.91. The third-order valence-electron chi connectivity index (χ3n) is 3.68. The first-order chi connectivity index (χ1) is 9.40. The second-order valence-corrected chi connectivity index (χ2v) is 4.91. The standard InChI is InChI=1S/C17H18N2/c1-2-5-14(13-8-10-18-11-9-13)16-12-19-17-7-4-3-6-15(16)17/h3-4,6-12,14,19H,2,5H2,1H3/t14-/m0/s1. The van der Waals surface area contributed by atoms with Gasteiger partial charge >= 0.3 is 0 Å². The number of aromatic amines is 1. The lowest BCUT2D eigenvalue weighted by molar-refractivity contribution is 0.701. The third kappa shape index (κ3) is 2.26. The number of H-pyrrole nitrogens is 1. The highest BCUT2D eigenvalue weighted by atomic mass is 14.7. The van der Waals surface area contributed by atoms with Crippen molar-refractivity contribution in [3.63, 3.8) is 0 Å². The van der Waals surface area contributed by atoms with E-state index in [0.29, 0.717) is 5.92 Å². The average molecular weight is 250 g/mol. The van der Waals surface area contributed by atoms with E-state index in [1.807, 2.05) is 12.4 Å². The smallest absolute Gasteiger partial charge is 0.0457 e. The molecule has 0 unspecified atom stereocenters. The number of hydrogen-bond donors (Lipinski definition) is 1. The summed E-state index contributed by atoms with van der Waals surface area (Å²) in [6, 6.07) is 12.8. The zero-order chi connectivity index (χ0) is 13.1. The molecule has 2 heteroatoms. The van der Waals surface area contributed by atoms with Gasteiger partial charge in [-0.1, -0.05) is 31.5 Å². The van der Waals surface area contributed by atoms with Crippen LogP contribution < -0.4 is 0 Å². The van der Waals surface area contributed by atoms with Crippen LogP contribution in [0.4, 0.5) is 0 Å². The van der Waals surface area contributed by atoms with Crippen molar-refractivity contribution in [2.75, 3.05) is 0 Å². The van der Waals surface area contributed by atoms with Crippen LogP contribution in [0.3, 0.4) is 0 Å². The van der Waals surface area contributed by atoms with E-state index in [2.05, 4.69) is 59.5 Å². The van der Waals surface area contributed by atoms with E-state index in [9.17, 15) is 0 Å². The van der Waals surface area contributed by atoms with Crippen LogP contribution >= 0.6 is 0 Å². The highest BCUT2D eigenvalue weighted by Crippen LogP contribution is 2.33. The highest BCUT2D eigenvalue weighted by Gasteiger charge is 2.16. The molecule has 19 heavy (non-hydrogen) atoms. The molecule has 3 rings (SSSR count). The van der Waals surface area contributed by atoms with E-state index >= 15 is 0 Å². The lowest BCUT2D eigenvalue weighted by atomic mass is 9.88. The first-order valence-corrected chi connectivity index (χ1v) is 6.86. The summed E-state index contributed by atoms with van der Waals surface area (Å²) in [6.45, 7) is 2.24. The van der Waals surface area contributed by atoms with Gasteiger partial charge in [-0.05, 0) is 35.7 Å². The molecule has 1 aromatic carbocycles. The molecule has 0 aliphatic rings. The monoisotopic (exact) mass is 250 g/mol. The fourth-order valence-corrected chi connectivity index (χ4v) is 2.77. The van der Waals surface area contributed by atoms with Crippen molar-refractivity contribution in [3.05, 3.63) is 66.1 Å². The lowest BCUT2D eigenvalue weighted by Gasteiger charge is -2.16. The van der Waals surface area contributed by atoms with E-state index in [4.69, 9.17) is 0 Å². The predicted octanol–water partition coefficient (Wildman–Crippen LogP) is 4.49. The summed E-state index contributed by atoms with van der Waals surface area (Å²) in [7, 11) is 0. The number of rotatable bonds is 4. The Balaban J connectivity index is 2.10. The maximum Gasteiger partial charge on any atom is 0.0457 e. The summed E-state index contributed by atoms with van der Waals surface area (Å²) in [5.41, 5.74) is 3.96. The highest BCUT2D eigenvalue weighted by molar-refractivity contribution is 5.84. The Morgan fingerprint density at radius 1 is 1.11 bits per heavy atom. The molecule has 0 aliphatic carbocycles. The predicted molar refractivity (Wildman–Crippen MR) is 79.3 cm³/mol. The van der Waals surface area contributed by atoms with Gasteiger partial charge in [0, 0.05) is 35.4 Å². The number of fused-ring (bicyclic) bond motifs is 1. The quantitative estimate of drug-likeness (QED) is 0.726. The van der Waals surface area contributed by atoms with E-state index in [-0.39, 0.29) is 0 Å². The molecule has 1 atom stereocenters. The number of nitrogens with one attached hydrogen (secondary N) is 1. The summed E-state index contributed by atoms with van der Waals surface area (Å²) in [6.07, 6.45) is 8.25. The van der Waals surface area contributed by atoms with Gasteiger partial charge in [0.1, 0.15) is 0 Å². The zero-order valence-electron chi connectivity index (χ0n) is 11.1. The van der Waals surface area contributed by atoms with Crippen LogP contribution in [0.5, 0.6) is 0 Å². The fourth-order valence-electron chi connectivity index (χ4n) is 2.77. The van der Waals surface area contributed by atoms with Crippen LogP contribution in [0.1, 0.15) is 36.8 Å². The number of para-hydroxylation sites is 1. The van der Waals surface area contributed by atoms with Crippen molar-refractivity contribution in [3.8, 4) is 0 Å². The Kier molecular flexibility index (Phi) is 3.32. The molecule has 0 aliphatic heterocycles. The molecule has 0 amide bonds. The van der Waals surface area contributed by atoms with Crippen LogP contribution in [0.15, 0.2) is 55.0 Å². The Hall–Kier alpha value is -2.09. The lowest BCUT2D eigenvalue weighted by Crippen LogP contribution is -2.00. The minimum atomic E-state index is 0.448. The molecule has 2 heterocycles.